The number of para-hydroxylation sites is 2. The van der Waals surface area contributed by atoms with Crippen molar-refractivity contribution in [2.45, 2.75) is 51.6 Å². The topological polar surface area (TPSA) is 127 Å². The summed E-state index contributed by atoms with van der Waals surface area (Å²) in [5, 5.41) is 6.58. The molecule has 68 heavy (non-hydrogen) atoms. The summed E-state index contributed by atoms with van der Waals surface area (Å²) in [4.78, 5) is 40.8. The molecule has 4 aromatic carbocycles. The lowest BCUT2D eigenvalue weighted by atomic mass is 9.79. The maximum absolute atomic E-state index is 13.5. The second kappa shape index (κ2) is 24.3. The number of hydrogen-bond acceptors (Lipinski definition) is 10. The molecule has 2 N–H and O–H groups in total. The van der Waals surface area contributed by atoms with Crippen LogP contribution in [0, 0.1) is 10.8 Å². The number of carbonyl (C=O) groups excluding carboxylic acids is 2. The van der Waals surface area contributed by atoms with Crippen LogP contribution in [0.4, 0.5) is 0 Å². The number of benzene rings is 4. The number of methoxy groups -OCH3 is 2. The van der Waals surface area contributed by atoms with Gasteiger partial charge < -0.3 is 29.6 Å². The van der Waals surface area contributed by atoms with Crippen LogP contribution in [-0.4, -0.2) is 98.3 Å². The molecule has 2 aliphatic rings. The van der Waals surface area contributed by atoms with E-state index in [4.69, 9.17) is 18.9 Å². The molecule has 12 nitrogen and oxygen atoms in total. The van der Waals surface area contributed by atoms with Crippen LogP contribution >= 0.6 is 0 Å². The fraction of sp³-hybridized carbons (Fsp3) is 0.357. The maximum atomic E-state index is 13.5. The van der Waals surface area contributed by atoms with Gasteiger partial charge in [-0.25, -0.2) is 0 Å². The zero-order chi connectivity index (χ0) is 47.6. The van der Waals surface area contributed by atoms with Crippen molar-refractivity contribution in [2.24, 2.45) is 10.8 Å². The van der Waals surface area contributed by atoms with Gasteiger partial charge in [0.15, 0.2) is 0 Å². The van der Waals surface area contributed by atoms with E-state index in [-0.39, 0.29) is 23.9 Å². The summed E-state index contributed by atoms with van der Waals surface area (Å²) in [6.45, 7) is 10.6. The average Bonchev–Trinajstić information content (AvgIpc) is 3.39. The first kappa shape index (κ1) is 49.2. The van der Waals surface area contributed by atoms with Crippen LogP contribution in [0.5, 0.6) is 23.0 Å². The first-order valence-electron chi connectivity index (χ1n) is 23.7. The van der Waals surface area contributed by atoms with Crippen molar-refractivity contribution in [1.29, 1.82) is 0 Å². The Kier molecular flexibility index (Phi) is 17.6. The molecule has 2 saturated heterocycles. The first-order chi connectivity index (χ1) is 33.1. The normalized spacial score (nSPS) is 16.4. The molecular formula is C56H66N6O6. The van der Waals surface area contributed by atoms with Gasteiger partial charge in [0.1, 0.15) is 36.2 Å². The SMILES string of the molecule is COc1cccc(C(NC(=O)C2(C)CCN(CCOc3ccccc3)CC2)c2ccccn2)c1.COc1cccc(C(NC(=O)C2(C)CCN(CCOc3ccccc3)CC2)c2ccccn2)c1. The molecule has 2 aromatic heterocycles. The van der Waals surface area contributed by atoms with Gasteiger partial charge in [0.2, 0.25) is 11.8 Å². The molecule has 2 fully saturated rings. The minimum absolute atomic E-state index is 0.0613. The molecule has 356 valence electrons. The molecule has 2 atom stereocenters. The fourth-order valence-electron chi connectivity index (χ4n) is 8.62. The number of aromatic nitrogens is 2. The first-order valence-corrected chi connectivity index (χ1v) is 23.7. The largest absolute Gasteiger partial charge is 0.497 e. The van der Waals surface area contributed by atoms with Crippen LogP contribution < -0.4 is 29.6 Å². The Bertz CT molecular complexity index is 2270. The zero-order valence-corrected chi connectivity index (χ0v) is 39.9. The summed E-state index contributed by atoms with van der Waals surface area (Å²) in [5.41, 5.74) is 2.66. The lowest BCUT2D eigenvalue weighted by Crippen LogP contribution is -2.48. The molecule has 0 spiro atoms. The number of nitrogens with zero attached hydrogens (tertiary/aromatic N) is 4. The number of carbonyl (C=O) groups is 2. The average molecular weight is 919 g/mol. The summed E-state index contributed by atoms with van der Waals surface area (Å²) >= 11 is 0. The van der Waals surface area contributed by atoms with Crippen molar-refractivity contribution in [3.05, 3.63) is 181 Å². The zero-order valence-electron chi connectivity index (χ0n) is 39.9. The van der Waals surface area contributed by atoms with E-state index in [9.17, 15) is 9.59 Å². The van der Waals surface area contributed by atoms with Gasteiger partial charge in [-0.05, 0) is 136 Å². The van der Waals surface area contributed by atoms with E-state index in [1.54, 1.807) is 26.6 Å². The predicted molar refractivity (Wildman–Crippen MR) is 266 cm³/mol. The molecular weight excluding hydrogens is 853 g/mol. The second-order valence-electron chi connectivity index (χ2n) is 18.0. The van der Waals surface area contributed by atoms with Crippen molar-refractivity contribution < 1.29 is 28.5 Å². The van der Waals surface area contributed by atoms with Crippen LogP contribution in [-0.2, 0) is 9.59 Å². The van der Waals surface area contributed by atoms with Gasteiger partial charge in [0.25, 0.3) is 0 Å². The summed E-state index contributed by atoms with van der Waals surface area (Å²) in [6, 6.07) is 46.2. The van der Waals surface area contributed by atoms with Crippen LogP contribution in [0.25, 0.3) is 0 Å². The van der Waals surface area contributed by atoms with Crippen molar-refractivity contribution in [3.8, 4) is 23.0 Å². The Morgan fingerprint density at radius 2 is 0.882 bits per heavy atom. The summed E-state index contributed by atoms with van der Waals surface area (Å²) < 4.78 is 22.5. The molecule has 12 heteroatoms. The maximum Gasteiger partial charge on any atom is 0.226 e. The van der Waals surface area contributed by atoms with Crippen LogP contribution in [0.2, 0.25) is 0 Å². The second-order valence-corrected chi connectivity index (χ2v) is 18.0. The van der Waals surface area contributed by atoms with E-state index in [2.05, 4.69) is 44.2 Å². The Balaban J connectivity index is 0.000000201. The fourth-order valence-corrected chi connectivity index (χ4v) is 8.62. The number of amides is 2. The Morgan fingerprint density at radius 1 is 0.515 bits per heavy atom. The molecule has 2 amide bonds. The number of pyridine rings is 2. The lowest BCUT2D eigenvalue weighted by Gasteiger charge is -2.39. The highest BCUT2D eigenvalue weighted by atomic mass is 16.5. The van der Waals surface area contributed by atoms with Crippen LogP contribution in [0.3, 0.4) is 0 Å². The number of nitrogens with one attached hydrogen (secondary N) is 2. The molecule has 8 rings (SSSR count). The van der Waals surface area contributed by atoms with Crippen molar-refractivity contribution in [3.63, 3.8) is 0 Å². The predicted octanol–water partition coefficient (Wildman–Crippen LogP) is 8.95. The quantitative estimate of drug-likeness (QED) is 0.0863. The smallest absolute Gasteiger partial charge is 0.226 e. The number of ether oxygens (including phenoxy) is 4. The molecule has 2 unspecified atom stereocenters. The number of rotatable bonds is 18. The molecule has 4 heterocycles. The Labute approximate surface area is 402 Å². The van der Waals surface area contributed by atoms with E-state index in [1.165, 1.54) is 0 Å². The lowest BCUT2D eigenvalue weighted by molar-refractivity contribution is -0.134. The molecule has 0 bridgehead atoms. The van der Waals surface area contributed by atoms with Crippen LogP contribution in [0.15, 0.2) is 158 Å². The molecule has 0 radical (unpaired) electrons. The van der Waals surface area contributed by atoms with Crippen molar-refractivity contribution >= 4 is 11.8 Å². The number of likely N-dealkylation sites (tertiary alicyclic amines) is 2. The molecule has 2 aliphatic heterocycles. The third-order valence-electron chi connectivity index (χ3n) is 13.2. The van der Waals surface area contributed by atoms with E-state index in [0.717, 1.165) is 110 Å². The summed E-state index contributed by atoms with van der Waals surface area (Å²) in [7, 11) is 3.29. The number of piperidine rings is 2. The number of hydrogen-bond donors (Lipinski definition) is 2. The Morgan fingerprint density at radius 3 is 1.24 bits per heavy atom. The van der Waals surface area contributed by atoms with Gasteiger partial charge in [-0.15, -0.1) is 0 Å². The third kappa shape index (κ3) is 13.7. The highest BCUT2D eigenvalue weighted by molar-refractivity contribution is 5.83. The highest BCUT2D eigenvalue weighted by Gasteiger charge is 2.39. The van der Waals surface area contributed by atoms with Crippen molar-refractivity contribution in [2.75, 3.05) is 66.7 Å². The standard InChI is InChI=1S/2C28H33N3O3/c2*1-28(14-17-31(18-15-28)19-20-34-23-10-4-3-5-11-23)27(32)30-26(25-13-6-7-16-29-25)22-9-8-12-24(21-22)33-2/h2*3-13,16,21,26H,14-15,17-20H2,1-2H3,(H,30,32). The minimum Gasteiger partial charge on any atom is -0.497 e. The van der Waals surface area contributed by atoms with Gasteiger partial charge in [-0.1, -0.05) is 86.6 Å². The van der Waals surface area contributed by atoms with Gasteiger partial charge in [-0.2, -0.15) is 0 Å². The van der Waals surface area contributed by atoms with Gasteiger partial charge in [0, 0.05) is 36.3 Å². The highest BCUT2D eigenvalue weighted by Crippen LogP contribution is 2.35. The van der Waals surface area contributed by atoms with Gasteiger partial charge in [0.05, 0.1) is 37.7 Å². The third-order valence-corrected chi connectivity index (χ3v) is 13.2. The molecule has 0 saturated carbocycles. The minimum atomic E-state index is -0.428. The summed E-state index contributed by atoms with van der Waals surface area (Å²) in [5.74, 6) is 3.41. The summed E-state index contributed by atoms with van der Waals surface area (Å²) in [6.07, 6.45) is 6.72. The van der Waals surface area contributed by atoms with Crippen molar-refractivity contribution in [1.82, 2.24) is 30.4 Å². The van der Waals surface area contributed by atoms with E-state index < -0.39 is 10.8 Å². The molecule has 6 aromatic rings. The van der Waals surface area contributed by atoms with Crippen LogP contribution in [0.1, 0.15) is 74.1 Å². The Hall–Kier alpha value is -6.76. The van der Waals surface area contributed by atoms with E-state index in [1.807, 2.05) is 146 Å². The van der Waals surface area contributed by atoms with E-state index in [0.29, 0.717) is 13.2 Å². The van der Waals surface area contributed by atoms with Gasteiger partial charge >= 0.3 is 0 Å². The van der Waals surface area contributed by atoms with Gasteiger partial charge in [-0.3, -0.25) is 29.4 Å². The monoisotopic (exact) mass is 919 g/mol. The van der Waals surface area contributed by atoms with E-state index >= 15 is 0 Å². The molecule has 0 aliphatic carbocycles.